The standard InChI is InChI=1S/C12H17BrClN3/c1-12(7-15-2)3-4-17(8-12)11-10(14)5-9(13)6-16-11/h5-6,15H,3-4,7-8H2,1-2H3. The molecule has 94 valence electrons. The van der Waals surface area contributed by atoms with Gasteiger partial charge < -0.3 is 10.2 Å². The highest BCUT2D eigenvalue weighted by Gasteiger charge is 2.34. The van der Waals surface area contributed by atoms with E-state index in [1.807, 2.05) is 13.1 Å². The zero-order chi connectivity index (χ0) is 12.5. The molecule has 1 fully saturated rings. The summed E-state index contributed by atoms with van der Waals surface area (Å²) in [5, 5.41) is 3.97. The Kier molecular flexibility index (Phi) is 3.95. The van der Waals surface area contributed by atoms with Crippen molar-refractivity contribution in [1.82, 2.24) is 10.3 Å². The number of hydrogen-bond donors (Lipinski definition) is 1. The molecule has 0 saturated carbocycles. The highest BCUT2D eigenvalue weighted by atomic mass is 79.9. The van der Waals surface area contributed by atoms with Crippen molar-refractivity contribution in [3.8, 4) is 0 Å². The van der Waals surface area contributed by atoms with Crippen molar-refractivity contribution in [2.75, 3.05) is 31.6 Å². The molecule has 0 spiro atoms. The summed E-state index contributed by atoms with van der Waals surface area (Å²) < 4.78 is 0.920. The molecular formula is C12H17BrClN3. The van der Waals surface area contributed by atoms with Gasteiger partial charge in [0.05, 0.1) is 5.02 Å². The molecule has 0 aliphatic carbocycles. The van der Waals surface area contributed by atoms with E-state index in [0.29, 0.717) is 10.4 Å². The molecule has 1 aliphatic heterocycles. The SMILES string of the molecule is CNCC1(C)CCN(c2ncc(Br)cc2Cl)C1. The number of aromatic nitrogens is 1. The van der Waals surface area contributed by atoms with E-state index in [0.717, 1.165) is 29.9 Å². The fourth-order valence-electron chi connectivity index (χ4n) is 2.42. The van der Waals surface area contributed by atoms with Crippen molar-refractivity contribution >= 4 is 33.3 Å². The van der Waals surface area contributed by atoms with E-state index in [9.17, 15) is 0 Å². The zero-order valence-corrected chi connectivity index (χ0v) is 12.5. The van der Waals surface area contributed by atoms with Crippen molar-refractivity contribution in [3.63, 3.8) is 0 Å². The molecule has 0 amide bonds. The van der Waals surface area contributed by atoms with Crippen LogP contribution in [0.15, 0.2) is 16.7 Å². The molecule has 1 aromatic heterocycles. The summed E-state index contributed by atoms with van der Waals surface area (Å²) in [7, 11) is 2.00. The Morgan fingerprint density at radius 1 is 1.65 bits per heavy atom. The smallest absolute Gasteiger partial charge is 0.147 e. The van der Waals surface area contributed by atoms with Crippen LogP contribution in [0.3, 0.4) is 0 Å². The third-order valence-corrected chi connectivity index (χ3v) is 3.96. The van der Waals surface area contributed by atoms with Crippen molar-refractivity contribution < 1.29 is 0 Å². The van der Waals surface area contributed by atoms with E-state index in [-0.39, 0.29) is 0 Å². The molecule has 1 atom stereocenters. The Labute approximate surface area is 116 Å². The number of rotatable bonds is 3. The maximum Gasteiger partial charge on any atom is 0.147 e. The molecule has 0 aromatic carbocycles. The summed E-state index contributed by atoms with van der Waals surface area (Å²) in [5.41, 5.74) is 0.312. The minimum Gasteiger partial charge on any atom is -0.355 e. The van der Waals surface area contributed by atoms with E-state index in [1.54, 1.807) is 6.20 Å². The van der Waals surface area contributed by atoms with Gasteiger partial charge in [-0.25, -0.2) is 4.98 Å². The van der Waals surface area contributed by atoms with Gasteiger partial charge in [0, 0.05) is 30.3 Å². The van der Waals surface area contributed by atoms with Crippen LogP contribution in [0.5, 0.6) is 0 Å². The van der Waals surface area contributed by atoms with Crippen LogP contribution < -0.4 is 10.2 Å². The van der Waals surface area contributed by atoms with Gasteiger partial charge in [0.2, 0.25) is 0 Å². The van der Waals surface area contributed by atoms with Crippen molar-refractivity contribution in [2.45, 2.75) is 13.3 Å². The van der Waals surface area contributed by atoms with Gasteiger partial charge in [-0.15, -0.1) is 0 Å². The normalized spacial score (nSPS) is 24.4. The molecule has 1 N–H and O–H groups in total. The summed E-state index contributed by atoms with van der Waals surface area (Å²) in [5.74, 6) is 0.898. The summed E-state index contributed by atoms with van der Waals surface area (Å²) in [6, 6.07) is 1.90. The molecule has 1 unspecified atom stereocenters. The fourth-order valence-corrected chi connectivity index (χ4v) is 3.16. The lowest BCUT2D eigenvalue weighted by Crippen LogP contribution is -2.33. The molecule has 3 nitrogen and oxygen atoms in total. The van der Waals surface area contributed by atoms with Gasteiger partial charge in [-0.2, -0.15) is 0 Å². The van der Waals surface area contributed by atoms with Gasteiger partial charge in [0.15, 0.2) is 0 Å². The summed E-state index contributed by atoms with van der Waals surface area (Å²) in [6.45, 7) is 5.35. The Morgan fingerprint density at radius 3 is 3.06 bits per heavy atom. The molecule has 5 heteroatoms. The first-order valence-electron chi connectivity index (χ1n) is 5.75. The largest absolute Gasteiger partial charge is 0.355 e. The quantitative estimate of drug-likeness (QED) is 0.929. The predicted octanol–water partition coefficient (Wildman–Crippen LogP) is 2.93. The number of pyridine rings is 1. The van der Waals surface area contributed by atoms with Crippen LogP contribution in [-0.4, -0.2) is 31.7 Å². The maximum absolute atomic E-state index is 6.23. The molecule has 2 heterocycles. The van der Waals surface area contributed by atoms with Crippen LogP contribution in [0.2, 0.25) is 5.02 Å². The van der Waals surface area contributed by atoms with Crippen LogP contribution in [0.25, 0.3) is 0 Å². The van der Waals surface area contributed by atoms with Gasteiger partial charge >= 0.3 is 0 Å². The van der Waals surface area contributed by atoms with Crippen LogP contribution in [-0.2, 0) is 0 Å². The predicted molar refractivity (Wildman–Crippen MR) is 75.8 cm³/mol. The zero-order valence-electron chi connectivity index (χ0n) is 10.1. The lowest BCUT2D eigenvalue weighted by Gasteiger charge is -2.25. The highest BCUT2D eigenvalue weighted by Crippen LogP contribution is 2.35. The van der Waals surface area contributed by atoms with E-state index in [2.05, 4.69) is 38.1 Å². The van der Waals surface area contributed by atoms with Crippen molar-refractivity contribution in [2.24, 2.45) is 5.41 Å². The summed E-state index contributed by atoms with van der Waals surface area (Å²) in [6.07, 6.45) is 2.97. The first-order valence-corrected chi connectivity index (χ1v) is 6.92. The van der Waals surface area contributed by atoms with Crippen molar-refractivity contribution in [1.29, 1.82) is 0 Å². The lowest BCUT2D eigenvalue weighted by molar-refractivity contribution is 0.356. The molecule has 1 aromatic rings. The molecule has 2 rings (SSSR count). The van der Waals surface area contributed by atoms with E-state index < -0.39 is 0 Å². The second-order valence-corrected chi connectivity index (χ2v) is 6.29. The second kappa shape index (κ2) is 5.12. The third-order valence-electron chi connectivity index (χ3n) is 3.25. The topological polar surface area (TPSA) is 28.2 Å². The minimum atomic E-state index is 0.312. The van der Waals surface area contributed by atoms with E-state index in [1.165, 1.54) is 6.42 Å². The molecule has 1 saturated heterocycles. The number of halogens is 2. The van der Waals surface area contributed by atoms with Gasteiger partial charge in [0.25, 0.3) is 0 Å². The van der Waals surface area contributed by atoms with E-state index in [4.69, 9.17) is 11.6 Å². The van der Waals surface area contributed by atoms with Crippen molar-refractivity contribution in [3.05, 3.63) is 21.8 Å². The fraction of sp³-hybridized carbons (Fsp3) is 0.583. The van der Waals surface area contributed by atoms with Gasteiger partial charge in [-0.05, 0) is 40.9 Å². The number of nitrogens with zero attached hydrogens (tertiary/aromatic N) is 2. The molecule has 1 aliphatic rings. The number of hydrogen-bond acceptors (Lipinski definition) is 3. The Morgan fingerprint density at radius 2 is 2.41 bits per heavy atom. The van der Waals surface area contributed by atoms with Gasteiger partial charge in [-0.3, -0.25) is 0 Å². The maximum atomic E-state index is 6.23. The van der Waals surface area contributed by atoms with Crippen LogP contribution in [0.1, 0.15) is 13.3 Å². The Hall–Kier alpha value is -0.320. The summed E-state index contributed by atoms with van der Waals surface area (Å²) >= 11 is 9.61. The minimum absolute atomic E-state index is 0.312. The van der Waals surface area contributed by atoms with Crippen LogP contribution in [0.4, 0.5) is 5.82 Å². The average molecular weight is 319 g/mol. The lowest BCUT2D eigenvalue weighted by atomic mass is 9.90. The molecule has 0 bridgehead atoms. The highest BCUT2D eigenvalue weighted by molar-refractivity contribution is 9.10. The average Bonchev–Trinajstić information content (AvgIpc) is 2.61. The molecular weight excluding hydrogens is 302 g/mol. The van der Waals surface area contributed by atoms with E-state index >= 15 is 0 Å². The molecule has 0 radical (unpaired) electrons. The molecule has 17 heavy (non-hydrogen) atoms. The number of nitrogens with one attached hydrogen (secondary N) is 1. The third kappa shape index (κ3) is 2.92. The first-order chi connectivity index (χ1) is 8.04. The number of anilines is 1. The first kappa shape index (κ1) is 13.1. The van der Waals surface area contributed by atoms with Crippen LogP contribution in [0, 0.1) is 5.41 Å². The van der Waals surface area contributed by atoms with Crippen LogP contribution >= 0.6 is 27.5 Å². The second-order valence-electron chi connectivity index (χ2n) is 4.97. The Bertz CT molecular complexity index is 413. The Balaban J connectivity index is 2.15. The van der Waals surface area contributed by atoms with Gasteiger partial charge in [-0.1, -0.05) is 18.5 Å². The summed E-state index contributed by atoms with van der Waals surface area (Å²) in [4.78, 5) is 6.68. The van der Waals surface area contributed by atoms with Gasteiger partial charge in [0.1, 0.15) is 5.82 Å². The monoisotopic (exact) mass is 317 g/mol.